The minimum absolute atomic E-state index is 0. The number of rotatable bonds is 1. The molecule has 0 amide bonds. The smallest absolute Gasteiger partial charge is 0.343 e. The SMILES string of the molecule is [CH2-]CCC.[U+4].c1cc[cH-]c1.c1cc[cH-]c1.c1cc[cH-]c1. The summed E-state index contributed by atoms with van der Waals surface area (Å²) in [6.45, 7) is 5.72. The van der Waals surface area contributed by atoms with Gasteiger partial charge in [0.25, 0.3) is 0 Å². The van der Waals surface area contributed by atoms with Gasteiger partial charge in [-0.15, -0.1) is 0 Å². The number of hydrogen-bond acceptors (Lipinski definition) is 0. The minimum Gasteiger partial charge on any atom is -0.343 e. The summed E-state index contributed by atoms with van der Waals surface area (Å²) in [7, 11) is 0. The van der Waals surface area contributed by atoms with Gasteiger partial charge in [0.2, 0.25) is 0 Å². The molecule has 0 fully saturated rings. The van der Waals surface area contributed by atoms with Crippen molar-refractivity contribution in [1.29, 1.82) is 0 Å². The van der Waals surface area contributed by atoms with E-state index in [0.29, 0.717) is 0 Å². The molecule has 104 valence electrons. The molecule has 0 radical (unpaired) electrons. The van der Waals surface area contributed by atoms with Gasteiger partial charge in [-0.05, 0) is 0 Å². The Morgan fingerprint density at radius 1 is 0.650 bits per heavy atom. The van der Waals surface area contributed by atoms with E-state index in [9.17, 15) is 0 Å². The largest absolute Gasteiger partial charge is 4.00 e. The molecule has 0 heterocycles. The summed E-state index contributed by atoms with van der Waals surface area (Å²) in [6, 6.07) is 30.0. The minimum atomic E-state index is 0. The van der Waals surface area contributed by atoms with Crippen LogP contribution in [-0.2, 0) is 0 Å². The standard InChI is InChI=1S/3C5H5.C4H9.U/c3*1-2-4-5-3-1;1-3-4-2;/h3*1-5H;1,3-4H2,2H3;/q4*-1;+4. The van der Waals surface area contributed by atoms with Crippen molar-refractivity contribution in [3.8, 4) is 0 Å². The average Bonchev–Trinajstić information content (AvgIpc) is 3.28. The third-order valence-electron chi connectivity index (χ3n) is 2.02. The third-order valence-corrected chi connectivity index (χ3v) is 2.02. The first-order valence-corrected chi connectivity index (χ1v) is 6.71. The van der Waals surface area contributed by atoms with Crippen molar-refractivity contribution < 1.29 is 31.1 Å². The van der Waals surface area contributed by atoms with Crippen LogP contribution >= 0.6 is 0 Å². The van der Waals surface area contributed by atoms with Crippen molar-refractivity contribution in [3.05, 3.63) is 97.9 Å². The first-order valence-electron chi connectivity index (χ1n) is 6.71. The van der Waals surface area contributed by atoms with E-state index in [-0.39, 0.29) is 31.1 Å². The van der Waals surface area contributed by atoms with E-state index in [2.05, 4.69) is 13.8 Å². The number of unbranched alkanes of at least 4 members (excludes halogenated alkanes) is 1. The van der Waals surface area contributed by atoms with E-state index < -0.39 is 0 Å². The van der Waals surface area contributed by atoms with E-state index in [1.807, 2.05) is 91.0 Å². The summed E-state index contributed by atoms with van der Waals surface area (Å²) in [5.74, 6) is 0. The van der Waals surface area contributed by atoms with Crippen LogP contribution in [0.15, 0.2) is 91.0 Å². The Morgan fingerprint density at radius 3 is 0.900 bits per heavy atom. The predicted octanol–water partition coefficient (Wildman–Crippen LogP) is 5.84. The molecule has 0 spiro atoms. The van der Waals surface area contributed by atoms with Gasteiger partial charge in [0, 0.05) is 0 Å². The summed E-state index contributed by atoms with van der Waals surface area (Å²) in [4.78, 5) is 0. The first-order chi connectivity index (χ1) is 9.41. The average molecular weight is 490 g/mol. The van der Waals surface area contributed by atoms with E-state index in [1.54, 1.807) is 0 Å². The summed E-state index contributed by atoms with van der Waals surface area (Å²) >= 11 is 0. The summed E-state index contributed by atoms with van der Waals surface area (Å²) < 4.78 is 0. The second kappa shape index (κ2) is 20.4. The predicted molar refractivity (Wildman–Crippen MR) is 86.4 cm³/mol. The molecule has 0 saturated carbocycles. The molecule has 0 atom stereocenters. The van der Waals surface area contributed by atoms with Crippen molar-refractivity contribution in [2.75, 3.05) is 0 Å². The fraction of sp³-hybridized carbons (Fsp3) is 0.158. The second-order valence-corrected chi connectivity index (χ2v) is 3.74. The van der Waals surface area contributed by atoms with Crippen LogP contribution in [-0.4, -0.2) is 0 Å². The van der Waals surface area contributed by atoms with Crippen LogP contribution in [0.2, 0.25) is 0 Å². The van der Waals surface area contributed by atoms with Gasteiger partial charge >= 0.3 is 31.1 Å². The maximum Gasteiger partial charge on any atom is 4.00 e. The van der Waals surface area contributed by atoms with Gasteiger partial charge in [0.05, 0.1) is 0 Å². The van der Waals surface area contributed by atoms with Gasteiger partial charge < -0.3 is 6.92 Å². The fourth-order valence-electron chi connectivity index (χ4n) is 0.962. The zero-order valence-corrected chi connectivity index (χ0v) is 16.4. The Morgan fingerprint density at radius 2 is 0.850 bits per heavy atom. The maximum atomic E-state index is 3.60. The van der Waals surface area contributed by atoms with Crippen LogP contribution in [0.25, 0.3) is 0 Å². The zero-order valence-electron chi connectivity index (χ0n) is 12.3. The van der Waals surface area contributed by atoms with Crippen LogP contribution < -0.4 is 0 Å². The zero-order chi connectivity index (χ0) is 14.0. The molecule has 0 unspecified atom stereocenters. The number of hydrogen-bond donors (Lipinski definition) is 0. The Hall–Kier alpha value is -0.898. The molecular formula is C19H24U. The Labute approximate surface area is 148 Å². The van der Waals surface area contributed by atoms with Crippen molar-refractivity contribution in [2.24, 2.45) is 0 Å². The molecule has 0 aliphatic rings. The molecule has 0 aliphatic heterocycles. The van der Waals surface area contributed by atoms with Crippen molar-refractivity contribution in [2.45, 2.75) is 19.8 Å². The third kappa shape index (κ3) is 19.4. The molecule has 3 aromatic rings. The van der Waals surface area contributed by atoms with Crippen LogP contribution in [0.3, 0.4) is 0 Å². The molecule has 0 saturated heterocycles. The van der Waals surface area contributed by atoms with Crippen LogP contribution in [0.1, 0.15) is 19.8 Å². The fourth-order valence-corrected chi connectivity index (χ4v) is 0.962. The normalized spacial score (nSPS) is 7.50. The first kappa shape index (κ1) is 21.4. The van der Waals surface area contributed by atoms with E-state index in [4.69, 9.17) is 0 Å². The molecule has 0 N–H and O–H groups in total. The van der Waals surface area contributed by atoms with Crippen LogP contribution in [0.4, 0.5) is 0 Å². The summed E-state index contributed by atoms with van der Waals surface area (Å²) in [6.07, 6.45) is 2.28. The van der Waals surface area contributed by atoms with Gasteiger partial charge in [0.15, 0.2) is 0 Å². The second-order valence-electron chi connectivity index (χ2n) is 3.74. The quantitative estimate of drug-likeness (QED) is 0.376. The van der Waals surface area contributed by atoms with Gasteiger partial charge in [-0.3, -0.25) is 0 Å². The molecule has 3 aromatic carbocycles. The van der Waals surface area contributed by atoms with E-state index in [0.717, 1.165) is 6.42 Å². The summed E-state index contributed by atoms with van der Waals surface area (Å²) in [5.41, 5.74) is 0. The molecule has 1 heteroatoms. The van der Waals surface area contributed by atoms with Gasteiger partial charge in [-0.2, -0.15) is 61.0 Å². The molecule has 0 bridgehead atoms. The molecule has 3 rings (SSSR count). The summed E-state index contributed by atoms with van der Waals surface area (Å²) in [5, 5.41) is 0. The Bertz CT molecular complexity index is 263. The van der Waals surface area contributed by atoms with Crippen LogP contribution in [0, 0.1) is 38.0 Å². The molecular weight excluding hydrogens is 466 g/mol. The van der Waals surface area contributed by atoms with Crippen molar-refractivity contribution >= 4 is 0 Å². The van der Waals surface area contributed by atoms with Crippen LogP contribution in [0.5, 0.6) is 0 Å². The molecule has 20 heavy (non-hydrogen) atoms. The molecule has 0 aliphatic carbocycles. The van der Waals surface area contributed by atoms with E-state index >= 15 is 0 Å². The monoisotopic (exact) mass is 490 g/mol. The van der Waals surface area contributed by atoms with Gasteiger partial charge in [-0.1, -0.05) is 13.3 Å². The Balaban J connectivity index is 0. The van der Waals surface area contributed by atoms with Crippen molar-refractivity contribution in [3.63, 3.8) is 0 Å². The topological polar surface area (TPSA) is 0 Å². The van der Waals surface area contributed by atoms with E-state index in [1.165, 1.54) is 6.42 Å². The van der Waals surface area contributed by atoms with Gasteiger partial charge in [-0.25, -0.2) is 36.4 Å². The maximum absolute atomic E-state index is 3.60. The Kier molecular flexibility index (Phi) is 21.9. The van der Waals surface area contributed by atoms with Gasteiger partial charge in [0.1, 0.15) is 0 Å². The van der Waals surface area contributed by atoms with Crippen molar-refractivity contribution in [1.82, 2.24) is 0 Å². The molecule has 0 nitrogen and oxygen atoms in total. The molecule has 0 aromatic heterocycles.